The summed E-state index contributed by atoms with van der Waals surface area (Å²) in [6.45, 7) is 2.95. The number of guanidine groups is 1. The molecule has 1 aliphatic rings. The first-order valence-electron chi connectivity index (χ1n) is 9.05. The van der Waals surface area contributed by atoms with Gasteiger partial charge in [-0.25, -0.2) is 4.98 Å². The van der Waals surface area contributed by atoms with E-state index in [2.05, 4.69) is 30.5 Å². The summed E-state index contributed by atoms with van der Waals surface area (Å²) >= 11 is 0.987. The van der Waals surface area contributed by atoms with Gasteiger partial charge in [0.05, 0.1) is 12.2 Å². The van der Waals surface area contributed by atoms with Gasteiger partial charge in [0.1, 0.15) is 5.01 Å². The van der Waals surface area contributed by atoms with Crippen molar-refractivity contribution in [1.29, 1.82) is 0 Å². The Morgan fingerprint density at radius 2 is 2.07 bits per heavy atom. The van der Waals surface area contributed by atoms with E-state index in [0.717, 1.165) is 54.9 Å². The number of aliphatic imine (C=N–C) groups is 1. The molecule has 0 aliphatic carbocycles. The fraction of sp³-hybridized carbons (Fsp3) is 0.500. The minimum Gasteiger partial charge on any atom is -0.354 e. The van der Waals surface area contributed by atoms with Crippen molar-refractivity contribution in [2.45, 2.75) is 38.1 Å². The van der Waals surface area contributed by atoms with Crippen molar-refractivity contribution < 1.29 is 13.2 Å². The summed E-state index contributed by atoms with van der Waals surface area (Å²) in [5, 5.41) is 7.80. The molecular weight excluding hydrogens is 516 g/mol. The van der Waals surface area contributed by atoms with E-state index < -0.39 is 11.9 Å². The van der Waals surface area contributed by atoms with Gasteiger partial charge in [-0.15, -0.1) is 35.3 Å². The third kappa shape index (κ3) is 7.37. The van der Waals surface area contributed by atoms with Gasteiger partial charge in [-0.05, 0) is 25.0 Å². The lowest BCUT2D eigenvalue weighted by Gasteiger charge is -2.32. The maximum absolute atomic E-state index is 12.6. The number of alkyl halides is 3. The number of halogens is 4. The molecule has 29 heavy (non-hydrogen) atoms. The van der Waals surface area contributed by atoms with Gasteiger partial charge in [-0.2, -0.15) is 13.2 Å². The van der Waals surface area contributed by atoms with Crippen molar-refractivity contribution >= 4 is 41.3 Å². The van der Waals surface area contributed by atoms with Crippen LogP contribution in [0.4, 0.5) is 13.2 Å². The number of nitrogens with zero attached hydrogens (tertiary/aromatic N) is 4. The Bertz CT molecular complexity index is 775. The Kier molecular flexibility index (Phi) is 9.08. The quantitative estimate of drug-likeness (QED) is 0.346. The molecule has 0 bridgehead atoms. The molecule has 3 heterocycles. The predicted octanol–water partition coefficient (Wildman–Crippen LogP) is 3.50. The Balaban J connectivity index is 0.00000300. The zero-order valence-corrected chi connectivity index (χ0v) is 19.1. The zero-order valence-electron chi connectivity index (χ0n) is 15.9. The van der Waals surface area contributed by atoms with Crippen LogP contribution in [0.15, 0.2) is 34.8 Å². The highest BCUT2D eigenvalue weighted by molar-refractivity contribution is 14.0. The summed E-state index contributed by atoms with van der Waals surface area (Å²) in [7, 11) is 1.65. The monoisotopic (exact) mass is 540 g/mol. The fourth-order valence-electron chi connectivity index (χ4n) is 3.03. The van der Waals surface area contributed by atoms with E-state index in [-0.39, 0.29) is 36.6 Å². The molecule has 3 rings (SSSR count). The Hall–Kier alpha value is -1.47. The van der Waals surface area contributed by atoms with Gasteiger partial charge in [0.15, 0.2) is 11.7 Å². The molecule has 1 aliphatic heterocycles. The van der Waals surface area contributed by atoms with E-state index in [9.17, 15) is 13.2 Å². The van der Waals surface area contributed by atoms with Crippen LogP contribution in [-0.4, -0.2) is 47.0 Å². The first-order chi connectivity index (χ1) is 13.4. The highest BCUT2D eigenvalue weighted by Gasteiger charge is 2.33. The molecule has 6 nitrogen and oxygen atoms in total. The molecule has 2 N–H and O–H groups in total. The van der Waals surface area contributed by atoms with Crippen LogP contribution in [0.25, 0.3) is 0 Å². The first kappa shape index (κ1) is 23.8. The smallest absolute Gasteiger partial charge is 0.354 e. The van der Waals surface area contributed by atoms with Crippen molar-refractivity contribution in [1.82, 2.24) is 25.5 Å². The van der Waals surface area contributed by atoms with E-state index in [1.54, 1.807) is 13.2 Å². The molecule has 0 radical (unpaired) electrons. The minimum atomic E-state index is -4.40. The summed E-state index contributed by atoms with van der Waals surface area (Å²) in [6.07, 6.45) is -0.677. The van der Waals surface area contributed by atoms with Crippen LogP contribution < -0.4 is 10.6 Å². The summed E-state index contributed by atoms with van der Waals surface area (Å²) < 4.78 is 37.9. The molecule has 0 atom stereocenters. The number of rotatable bonds is 5. The third-order valence-electron chi connectivity index (χ3n) is 4.51. The summed E-state index contributed by atoms with van der Waals surface area (Å²) in [6, 6.07) is 6.20. The first-order valence-corrected chi connectivity index (χ1v) is 9.93. The average molecular weight is 540 g/mol. The van der Waals surface area contributed by atoms with Crippen molar-refractivity contribution in [2.75, 3.05) is 20.1 Å². The topological polar surface area (TPSA) is 65.4 Å². The number of hydrogen-bond acceptors (Lipinski definition) is 5. The van der Waals surface area contributed by atoms with E-state index in [0.29, 0.717) is 11.0 Å². The van der Waals surface area contributed by atoms with Crippen LogP contribution in [0.1, 0.15) is 29.2 Å². The third-order valence-corrected chi connectivity index (χ3v) is 5.36. The van der Waals surface area contributed by atoms with Crippen molar-refractivity contribution in [3.05, 3.63) is 46.2 Å². The Labute approximate surface area is 189 Å². The highest BCUT2D eigenvalue weighted by atomic mass is 127. The summed E-state index contributed by atoms with van der Waals surface area (Å²) in [5.74, 6) is 0.576. The summed E-state index contributed by atoms with van der Waals surface area (Å²) in [5.41, 5.74) is 0.214. The normalized spacial score (nSPS) is 16.3. The molecule has 0 spiro atoms. The molecule has 0 amide bonds. The number of likely N-dealkylation sites (tertiary alicyclic amines) is 1. The molecule has 2 aromatic heterocycles. The fourth-order valence-corrected chi connectivity index (χ4v) is 3.77. The molecule has 160 valence electrons. The SMILES string of the molecule is CN=C(NCc1nc(C(F)(F)F)cs1)NC1CCN(Cc2ccccn2)CC1.I. The van der Waals surface area contributed by atoms with Crippen LogP contribution in [-0.2, 0) is 19.3 Å². The number of aromatic nitrogens is 2. The number of piperidine rings is 1. The highest BCUT2D eigenvalue weighted by Crippen LogP contribution is 2.29. The standard InChI is InChI=1S/C18H23F3N6S.HI/c1-22-17(24-10-16-26-15(12-28-16)18(19,20)21)25-13-5-8-27(9-6-13)11-14-4-2-3-7-23-14;/h2-4,7,12-13H,5-6,8-11H2,1H3,(H2,22,24,25);1H. The van der Waals surface area contributed by atoms with Crippen LogP contribution in [0.2, 0.25) is 0 Å². The maximum Gasteiger partial charge on any atom is 0.434 e. The minimum absolute atomic E-state index is 0. The van der Waals surface area contributed by atoms with E-state index in [1.807, 2.05) is 18.2 Å². The van der Waals surface area contributed by atoms with Crippen LogP contribution in [0.3, 0.4) is 0 Å². The number of thiazole rings is 1. The second kappa shape index (κ2) is 11.1. The lowest BCUT2D eigenvalue weighted by molar-refractivity contribution is -0.140. The Morgan fingerprint density at radius 3 is 2.66 bits per heavy atom. The van der Waals surface area contributed by atoms with Crippen LogP contribution in [0.5, 0.6) is 0 Å². The molecule has 0 aromatic carbocycles. The van der Waals surface area contributed by atoms with Gasteiger partial charge in [0.2, 0.25) is 0 Å². The van der Waals surface area contributed by atoms with Gasteiger partial charge in [-0.3, -0.25) is 14.9 Å². The largest absolute Gasteiger partial charge is 0.434 e. The molecule has 2 aromatic rings. The van der Waals surface area contributed by atoms with Gasteiger partial charge in [-0.1, -0.05) is 6.07 Å². The molecule has 1 saturated heterocycles. The molecular formula is C18H24F3IN6S. The molecule has 1 fully saturated rings. The number of hydrogen-bond donors (Lipinski definition) is 2. The molecule has 0 unspecified atom stereocenters. The number of nitrogens with one attached hydrogen (secondary N) is 2. The lowest BCUT2D eigenvalue weighted by Crippen LogP contribution is -2.48. The maximum atomic E-state index is 12.6. The van der Waals surface area contributed by atoms with Crippen LogP contribution >= 0.6 is 35.3 Å². The number of pyridine rings is 1. The van der Waals surface area contributed by atoms with Gasteiger partial charge in [0, 0.05) is 44.3 Å². The molecule has 11 heteroatoms. The second-order valence-corrected chi connectivity index (χ2v) is 7.51. The van der Waals surface area contributed by atoms with Gasteiger partial charge < -0.3 is 10.6 Å². The van der Waals surface area contributed by atoms with Crippen molar-refractivity contribution in [3.8, 4) is 0 Å². The predicted molar refractivity (Wildman–Crippen MR) is 118 cm³/mol. The summed E-state index contributed by atoms with van der Waals surface area (Å²) in [4.78, 5) is 14.5. The van der Waals surface area contributed by atoms with Crippen molar-refractivity contribution in [3.63, 3.8) is 0 Å². The van der Waals surface area contributed by atoms with E-state index >= 15 is 0 Å². The second-order valence-electron chi connectivity index (χ2n) is 6.57. The lowest BCUT2D eigenvalue weighted by atomic mass is 10.1. The van der Waals surface area contributed by atoms with E-state index in [1.165, 1.54) is 0 Å². The van der Waals surface area contributed by atoms with E-state index in [4.69, 9.17) is 0 Å². The average Bonchev–Trinajstić information content (AvgIpc) is 3.17. The van der Waals surface area contributed by atoms with Gasteiger partial charge >= 0.3 is 6.18 Å². The van der Waals surface area contributed by atoms with Gasteiger partial charge in [0.25, 0.3) is 0 Å². The Morgan fingerprint density at radius 1 is 1.31 bits per heavy atom. The van der Waals surface area contributed by atoms with Crippen molar-refractivity contribution in [2.24, 2.45) is 4.99 Å². The molecule has 0 saturated carbocycles. The zero-order chi connectivity index (χ0) is 20.0. The van der Waals surface area contributed by atoms with Crippen LogP contribution in [0, 0.1) is 0 Å².